The summed E-state index contributed by atoms with van der Waals surface area (Å²) in [5, 5.41) is 30.1. The first-order chi connectivity index (χ1) is 18.4. The number of aliphatic carboxylic acids is 1. The number of nitrogens with two attached hydrogens (primary N) is 1. The van der Waals surface area contributed by atoms with Crippen LogP contribution in [-0.2, 0) is 24.7 Å². The number of fused-ring (bicyclic) bond motifs is 1. The number of hydrogen-bond donors (Lipinski definition) is 5. The number of para-hydroxylation sites is 1. The number of H-pyrrole nitrogens is 2. The zero-order valence-corrected chi connectivity index (χ0v) is 21.7. The number of likely N-dealkylation sites (N-methyl/N-ethyl adjacent to an activating group) is 1. The number of nitrogens with zero attached hydrogens (tertiary/aromatic N) is 5. The number of nitrogens with one attached hydrogen (secondary N) is 3. The van der Waals surface area contributed by atoms with Crippen LogP contribution in [-0.4, -0.2) is 101 Å². The molecular weight excluding hydrogens is 554 g/mol. The number of sulfonamides is 1. The Morgan fingerprint density at radius 2 is 1.87 bits per heavy atom. The maximum atomic E-state index is 13.4. The molecule has 16 nitrogen and oxygen atoms in total. The van der Waals surface area contributed by atoms with Crippen molar-refractivity contribution in [2.75, 3.05) is 26.7 Å². The normalized spacial score (nSPS) is 14.3. The van der Waals surface area contributed by atoms with Crippen molar-refractivity contribution in [3.8, 4) is 22.5 Å². The standard InChI is InChI=1S/C21H21N9O7S2/c1-30(9-15(31)32)21(33)20-24-13-4-2-3-12(17(13)25-20)11-5-6-14(38(34,35)10-7-23-8-10)18(39(22,36)37)16(11)19-26-28-29-27-19/h2-6,10,23H,7-9H2,1H3,(H,24,25)(H,31,32)(H2,22,36,37)(H,26,27,28,29). The number of imidazole rings is 1. The van der Waals surface area contributed by atoms with Crippen molar-refractivity contribution in [3.05, 3.63) is 36.2 Å². The fourth-order valence-corrected chi connectivity index (χ4v) is 7.43. The fourth-order valence-electron chi connectivity index (χ4n) is 4.25. The molecule has 2 aromatic carbocycles. The second-order valence-corrected chi connectivity index (χ2v) is 12.5. The molecule has 204 valence electrons. The zero-order chi connectivity index (χ0) is 28.1. The fraction of sp³-hybridized carbons (Fsp3) is 0.238. The molecule has 18 heteroatoms. The van der Waals surface area contributed by atoms with Gasteiger partial charge in [0.2, 0.25) is 15.8 Å². The molecular formula is C21H21N9O7S2. The summed E-state index contributed by atoms with van der Waals surface area (Å²) >= 11 is 0. The largest absolute Gasteiger partial charge is 0.480 e. The quantitative estimate of drug-likeness (QED) is 0.169. The lowest BCUT2D eigenvalue weighted by molar-refractivity contribution is -0.137. The van der Waals surface area contributed by atoms with E-state index < -0.39 is 53.3 Å². The molecule has 39 heavy (non-hydrogen) atoms. The van der Waals surface area contributed by atoms with Crippen LogP contribution in [0.5, 0.6) is 0 Å². The summed E-state index contributed by atoms with van der Waals surface area (Å²) in [7, 11) is -7.50. The van der Waals surface area contributed by atoms with Gasteiger partial charge in [0.1, 0.15) is 11.4 Å². The first-order valence-electron chi connectivity index (χ1n) is 11.2. The zero-order valence-electron chi connectivity index (χ0n) is 20.1. The molecule has 3 heterocycles. The second kappa shape index (κ2) is 9.49. The average molecular weight is 576 g/mol. The maximum absolute atomic E-state index is 13.4. The third-order valence-electron chi connectivity index (χ3n) is 6.19. The van der Waals surface area contributed by atoms with Crippen LogP contribution >= 0.6 is 0 Å². The van der Waals surface area contributed by atoms with E-state index in [9.17, 15) is 26.4 Å². The minimum Gasteiger partial charge on any atom is -0.480 e. The second-order valence-electron chi connectivity index (χ2n) is 8.76. The van der Waals surface area contributed by atoms with Crippen LogP contribution in [0.15, 0.2) is 40.1 Å². The summed E-state index contributed by atoms with van der Waals surface area (Å²) in [6.45, 7) is -0.272. The van der Waals surface area contributed by atoms with Crippen molar-refractivity contribution in [1.29, 1.82) is 0 Å². The third kappa shape index (κ3) is 4.62. The number of rotatable bonds is 8. The highest BCUT2D eigenvalue weighted by atomic mass is 32.2. The molecule has 0 spiro atoms. The third-order valence-corrected chi connectivity index (χ3v) is 9.48. The van der Waals surface area contributed by atoms with Gasteiger partial charge in [-0.15, -0.1) is 10.2 Å². The minimum absolute atomic E-state index is 0.144. The summed E-state index contributed by atoms with van der Waals surface area (Å²) in [4.78, 5) is 30.7. The molecule has 2 aromatic heterocycles. The molecule has 0 saturated carbocycles. The van der Waals surface area contributed by atoms with Gasteiger partial charge in [0.15, 0.2) is 15.7 Å². The van der Waals surface area contributed by atoms with E-state index in [1.165, 1.54) is 13.1 Å². The number of carbonyl (C=O) groups excluding carboxylic acids is 1. The highest BCUT2D eigenvalue weighted by Gasteiger charge is 2.39. The van der Waals surface area contributed by atoms with Crippen LogP contribution in [0.4, 0.5) is 0 Å². The lowest BCUT2D eigenvalue weighted by Gasteiger charge is -2.28. The SMILES string of the molecule is CN(CC(=O)O)C(=O)c1nc2c(-c3ccc(S(=O)(=O)C4CNC4)c(S(N)(=O)=O)c3-c3nn[nH]n3)cccc2[nH]1. The summed E-state index contributed by atoms with van der Waals surface area (Å²) in [6.07, 6.45) is 0. The molecule has 0 radical (unpaired) electrons. The van der Waals surface area contributed by atoms with Crippen LogP contribution in [0.3, 0.4) is 0 Å². The van der Waals surface area contributed by atoms with E-state index in [2.05, 4.69) is 35.9 Å². The Kier molecular flexibility index (Phi) is 6.41. The molecule has 1 saturated heterocycles. The van der Waals surface area contributed by atoms with Crippen LogP contribution in [0.2, 0.25) is 0 Å². The van der Waals surface area contributed by atoms with Crippen LogP contribution in [0.1, 0.15) is 10.6 Å². The van der Waals surface area contributed by atoms with E-state index in [4.69, 9.17) is 10.2 Å². The van der Waals surface area contributed by atoms with Crippen LogP contribution < -0.4 is 10.5 Å². The van der Waals surface area contributed by atoms with Crippen molar-refractivity contribution >= 4 is 42.8 Å². The highest BCUT2D eigenvalue weighted by Crippen LogP contribution is 2.41. The summed E-state index contributed by atoms with van der Waals surface area (Å²) in [5.74, 6) is -2.30. The number of carbonyl (C=O) groups is 2. The molecule has 1 amide bonds. The smallest absolute Gasteiger partial charge is 0.323 e. The number of tetrazole rings is 1. The van der Waals surface area contributed by atoms with E-state index in [0.717, 1.165) is 11.0 Å². The molecule has 4 aromatic rings. The van der Waals surface area contributed by atoms with Crippen LogP contribution in [0.25, 0.3) is 33.5 Å². The van der Waals surface area contributed by atoms with Gasteiger partial charge in [0, 0.05) is 25.7 Å². The summed E-state index contributed by atoms with van der Waals surface area (Å²) < 4.78 is 52.6. The number of primary sulfonamides is 1. The van der Waals surface area contributed by atoms with Gasteiger partial charge in [-0.25, -0.2) is 27.0 Å². The molecule has 0 atom stereocenters. The number of carboxylic acid groups (broad SMARTS) is 1. The number of aromatic amines is 2. The molecule has 0 bridgehead atoms. The van der Waals surface area contributed by atoms with Gasteiger partial charge in [0.05, 0.1) is 26.7 Å². The maximum Gasteiger partial charge on any atom is 0.323 e. The minimum atomic E-state index is -4.67. The van der Waals surface area contributed by atoms with E-state index in [0.29, 0.717) is 11.1 Å². The predicted molar refractivity (Wildman–Crippen MR) is 135 cm³/mol. The molecule has 0 aliphatic carbocycles. The number of aromatic nitrogens is 6. The molecule has 0 unspecified atom stereocenters. The Labute approximate surface area is 220 Å². The Morgan fingerprint density at radius 3 is 2.46 bits per heavy atom. The number of benzene rings is 2. The monoisotopic (exact) mass is 575 g/mol. The lowest BCUT2D eigenvalue weighted by Crippen LogP contribution is -2.51. The van der Waals surface area contributed by atoms with E-state index in [-0.39, 0.29) is 41.4 Å². The number of sulfone groups is 1. The Hall–Kier alpha value is -4.26. The topological polar surface area (TPSA) is 247 Å². The number of carboxylic acids is 1. The Morgan fingerprint density at radius 1 is 1.13 bits per heavy atom. The number of hydrogen-bond acceptors (Lipinski definition) is 11. The first kappa shape index (κ1) is 26.4. The molecule has 5 rings (SSSR count). The van der Waals surface area contributed by atoms with Crippen molar-refractivity contribution in [3.63, 3.8) is 0 Å². The highest BCUT2D eigenvalue weighted by molar-refractivity contribution is 7.94. The summed E-state index contributed by atoms with van der Waals surface area (Å²) in [6, 6.07) is 7.34. The van der Waals surface area contributed by atoms with Gasteiger partial charge in [-0.3, -0.25) is 9.59 Å². The van der Waals surface area contributed by atoms with Crippen LogP contribution in [0, 0.1) is 0 Å². The van der Waals surface area contributed by atoms with Gasteiger partial charge in [0.25, 0.3) is 5.91 Å². The van der Waals surface area contributed by atoms with Crippen molar-refractivity contribution < 1.29 is 31.5 Å². The number of amides is 1. The Balaban J connectivity index is 1.78. The van der Waals surface area contributed by atoms with Crippen molar-refractivity contribution in [2.24, 2.45) is 5.14 Å². The predicted octanol–water partition coefficient (Wildman–Crippen LogP) is -1.04. The average Bonchev–Trinajstić information content (AvgIpc) is 3.50. The van der Waals surface area contributed by atoms with E-state index >= 15 is 0 Å². The summed E-state index contributed by atoms with van der Waals surface area (Å²) in [5.41, 5.74) is 0.816. The van der Waals surface area contributed by atoms with Gasteiger partial charge in [-0.05, 0) is 22.9 Å². The van der Waals surface area contributed by atoms with Crippen molar-refractivity contribution in [1.82, 2.24) is 40.8 Å². The lowest BCUT2D eigenvalue weighted by atomic mass is 9.98. The van der Waals surface area contributed by atoms with E-state index in [1.54, 1.807) is 18.2 Å². The molecule has 1 aliphatic rings. The van der Waals surface area contributed by atoms with Crippen molar-refractivity contribution in [2.45, 2.75) is 15.0 Å². The Bertz CT molecular complexity index is 1830. The molecule has 1 aliphatic heterocycles. The van der Waals surface area contributed by atoms with Gasteiger partial charge >= 0.3 is 5.97 Å². The molecule has 1 fully saturated rings. The van der Waals surface area contributed by atoms with E-state index in [1.807, 2.05) is 0 Å². The van der Waals surface area contributed by atoms with Gasteiger partial charge in [-0.2, -0.15) is 5.21 Å². The molecule has 6 N–H and O–H groups in total. The first-order valence-corrected chi connectivity index (χ1v) is 14.3. The van der Waals surface area contributed by atoms with Gasteiger partial charge in [-0.1, -0.05) is 18.2 Å². The van der Waals surface area contributed by atoms with Gasteiger partial charge < -0.3 is 20.3 Å².